The maximum Gasteiger partial charge on any atom is 0.410 e. The molecule has 6 nitrogen and oxygen atoms in total. The number of nitrogens with one attached hydrogen (secondary N) is 1. The normalized spacial score (nSPS) is 16.5. The fourth-order valence-electron chi connectivity index (χ4n) is 2.86. The first-order chi connectivity index (χ1) is 12.1. The Morgan fingerprint density at radius 1 is 1.27 bits per heavy atom. The third-order valence-corrected chi connectivity index (χ3v) is 4.57. The largest absolute Gasteiger partial charge is 0.444 e. The van der Waals surface area contributed by atoms with Crippen LogP contribution in [0.3, 0.4) is 0 Å². The Morgan fingerprint density at radius 2 is 1.92 bits per heavy atom. The molecule has 3 N–H and O–H groups in total. The number of hydrogen-bond donors (Lipinski definition) is 2. The second-order valence-corrected chi connectivity index (χ2v) is 8.06. The number of amides is 1. The van der Waals surface area contributed by atoms with Gasteiger partial charge in [-0.25, -0.2) is 4.79 Å². The standard InChI is InChI=1S/C20H32N4O2/c1-14-6-7-17(12-15(14)2)23-18(21)22-13-16-8-10-24(11-9-16)19(25)26-20(3,4)5/h6-7,12,16H,8-11,13H2,1-5H3,(H3,21,22,23). The van der Waals surface area contributed by atoms with Gasteiger partial charge in [-0.2, -0.15) is 0 Å². The van der Waals surface area contributed by atoms with Crippen LogP contribution in [0, 0.1) is 19.8 Å². The van der Waals surface area contributed by atoms with E-state index in [1.807, 2.05) is 26.8 Å². The summed E-state index contributed by atoms with van der Waals surface area (Å²) in [7, 11) is 0. The minimum atomic E-state index is -0.452. The van der Waals surface area contributed by atoms with Crippen molar-refractivity contribution in [3.05, 3.63) is 29.3 Å². The first-order valence-corrected chi connectivity index (χ1v) is 9.26. The molecule has 0 atom stereocenters. The highest BCUT2D eigenvalue weighted by Crippen LogP contribution is 2.20. The van der Waals surface area contributed by atoms with Gasteiger partial charge in [0.15, 0.2) is 5.96 Å². The number of anilines is 1. The zero-order chi connectivity index (χ0) is 19.3. The highest BCUT2D eigenvalue weighted by atomic mass is 16.6. The Bertz CT molecular complexity index is 656. The summed E-state index contributed by atoms with van der Waals surface area (Å²) >= 11 is 0. The molecule has 0 aromatic heterocycles. The van der Waals surface area contributed by atoms with Crippen molar-refractivity contribution in [3.63, 3.8) is 0 Å². The van der Waals surface area contributed by atoms with Crippen molar-refractivity contribution in [1.29, 1.82) is 0 Å². The van der Waals surface area contributed by atoms with E-state index >= 15 is 0 Å². The number of carbonyl (C=O) groups excluding carboxylic acids is 1. The molecule has 1 aromatic rings. The highest BCUT2D eigenvalue weighted by molar-refractivity contribution is 5.92. The molecule has 1 fully saturated rings. The summed E-state index contributed by atoms with van der Waals surface area (Å²) in [6, 6.07) is 6.14. The highest BCUT2D eigenvalue weighted by Gasteiger charge is 2.26. The first kappa shape index (κ1) is 20.1. The van der Waals surface area contributed by atoms with Crippen molar-refractivity contribution in [2.45, 2.75) is 53.1 Å². The van der Waals surface area contributed by atoms with Gasteiger partial charge in [0.05, 0.1) is 0 Å². The monoisotopic (exact) mass is 360 g/mol. The lowest BCUT2D eigenvalue weighted by atomic mass is 9.97. The fourth-order valence-corrected chi connectivity index (χ4v) is 2.86. The third kappa shape index (κ3) is 6.24. The molecule has 0 aliphatic carbocycles. The van der Waals surface area contributed by atoms with Crippen LogP contribution in [0.5, 0.6) is 0 Å². The molecule has 26 heavy (non-hydrogen) atoms. The minimum absolute atomic E-state index is 0.227. The van der Waals surface area contributed by atoms with Crippen LogP contribution in [0.15, 0.2) is 23.2 Å². The molecular weight excluding hydrogens is 328 g/mol. The number of aryl methyl sites for hydroxylation is 2. The molecule has 1 aliphatic rings. The molecule has 1 heterocycles. The van der Waals surface area contributed by atoms with Gasteiger partial charge in [-0.3, -0.25) is 4.99 Å². The van der Waals surface area contributed by atoms with Gasteiger partial charge in [0.25, 0.3) is 0 Å². The summed E-state index contributed by atoms with van der Waals surface area (Å²) in [4.78, 5) is 18.3. The van der Waals surface area contributed by atoms with E-state index in [4.69, 9.17) is 10.5 Å². The van der Waals surface area contributed by atoms with E-state index in [1.165, 1.54) is 11.1 Å². The molecule has 6 heteroatoms. The van der Waals surface area contributed by atoms with E-state index in [0.717, 1.165) is 18.5 Å². The van der Waals surface area contributed by atoms with Crippen molar-refractivity contribution in [3.8, 4) is 0 Å². The number of rotatable bonds is 3. The second-order valence-electron chi connectivity index (χ2n) is 8.06. The van der Waals surface area contributed by atoms with Crippen molar-refractivity contribution < 1.29 is 9.53 Å². The number of likely N-dealkylation sites (tertiary alicyclic amines) is 1. The number of aliphatic imine (C=N–C) groups is 1. The Morgan fingerprint density at radius 3 is 2.50 bits per heavy atom. The molecule has 0 bridgehead atoms. The SMILES string of the molecule is Cc1ccc(NC(N)=NCC2CCN(C(=O)OC(C)(C)C)CC2)cc1C. The summed E-state index contributed by atoms with van der Waals surface area (Å²) < 4.78 is 5.42. The predicted molar refractivity (Wildman–Crippen MR) is 107 cm³/mol. The molecule has 0 saturated carbocycles. The topological polar surface area (TPSA) is 80.0 Å². The average Bonchev–Trinajstić information content (AvgIpc) is 2.55. The average molecular weight is 361 g/mol. The number of carbonyl (C=O) groups is 1. The lowest BCUT2D eigenvalue weighted by molar-refractivity contribution is 0.0187. The molecule has 1 aromatic carbocycles. The molecule has 0 unspecified atom stereocenters. The molecule has 144 valence electrons. The number of hydrogen-bond acceptors (Lipinski definition) is 3. The summed E-state index contributed by atoms with van der Waals surface area (Å²) in [6.45, 7) is 11.9. The zero-order valence-electron chi connectivity index (χ0n) is 16.6. The van der Waals surface area contributed by atoms with Crippen molar-refractivity contribution in [2.75, 3.05) is 25.0 Å². The maximum absolute atomic E-state index is 12.1. The predicted octanol–water partition coefficient (Wildman–Crippen LogP) is 3.68. The molecule has 1 aliphatic heterocycles. The van der Waals surface area contributed by atoms with Crippen molar-refractivity contribution in [1.82, 2.24) is 4.90 Å². The van der Waals surface area contributed by atoms with E-state index in [1.54, 1.807) is 4.90 Å². The summed E-state index contributed by atoms with van der Waals surface area (Å²) in [5.74, 6) is 0.872. The molecule has 0 radical (unpaired) electrons. The maximum atomic E-state index is 12.1. The fraction of sp³-hybridized carbons (Fsp3) is 0.600. The third-order valence-electron chi connectivity index (χ3n) is 4.57. The molecule has 0 spiro atoms. The van der Waals surface area contributed by atoms with E-state index in [0.29, 0.717) is 31.5 Å². The molecular formula is C20H32N4O2. The number of guanidine groups is 1. The van der Waals surface area contributed by atoms with Gasteiger partial charge >= 0.3 is 6.09 Å². The minimum Gasteiger partial charge on any atom is -0.444 e. The summed E-state index contributed by atoms with van der Waals surface area (Å²) in [5.41, 5.74) is 8.98. The Labute approximate surface area is 156 Å². The Hall–Kier alpha value is -2.24. The van der Waals surface area contributed by atoms with Crippen LogP contribution in [-0.4, -0.2) is 42.2 Å². The van der Waals surface area contributed by atoms with Crippen LogP contribution < -0.4 is 11.1 Å². The number of nitrogens with zero attached hydrogens (tertiary/aromatic N) is 2. The van der Waals surface area contributed by atoms with Gasteiger partial charge in [0, 0.05) is 25.3 Å². The molecule has 2 rings (SSSR count). The number of benzene rings is 1. The van der Waals surface area contributed by atoms with Crippen LogP contribution in [-0.2, 0) is 4.74 Å². The van der Waals surface area contributed by atoms with E-state index < -0.39 is 5.60 Å². The van der Waals surface area contributed by atoms with Crippen LogP contribution in [0.4, 0.5) is 10.5 Å². The van der Waals surface area contributed by atoms with Crippen molar-refractivity contribution >= 4 is 17.7 Å². The van der Waals surface area contributed by atoms with Gasteiger partial charge in [-0.05, 0) is 76.6 Å². The number of ether oxygens (including phenoxy) is 1. The number of nitrogens with two attached hydrogens (primary N) is 1. The number of piperidine rings is 1. The van der Waals surface area contributed by atoms with E-state index in [2.05, 4.69) is 36.3 Å². The Balaban J connectivity index is 1.79. The lowest BCUT2D eigenvalue weighted by Crippen LogP contribution is -2.42. The second kappa shape index (κ2) is 8.43. The van der Waals surface area contributed by atoms with Gasteiger partial charge in [-0.15, -0.1) is 0 Å². The van der Waals surface area contributed by atoms with E-state index in [9.17, 15) is 4.79 Å². The molecule has 1 saturated heterocycles. The summed E-state index contributed by atoms with van der Waals surface area (Å²) in [6.07, 6.45) is 1.61. The van der Waals surface area contributed by atoms with Gasteiger partial charge in [0.2, 0.25) is 0 Å². The van der Waals surface area contributed by atoms with Gasteiger partial charge < -0.3 is 20.7 Å². The molecule has 1 amide bonds. The van der Waals surface area contributed by atoms with E-state index in [-0.39, 0.29) is 6.09 Å². The van der Waals surface area contributed by atoms with Crippen LogP contribution in [0.2, 0.25) is 0 Å². The lowest BCUT2D eigenvalue weighted by Gasteiger charge is -2.33. The van der Waals surface area contributed by atoms with Crippen LogP contribution in [0.1, 0.15) is 44.7 Å². The van der Waals surface area contributed by atoms with Gasteiger partial charge in [0.1, 0.15) is 5.60 Å². The van der Waals surface area contributed by atoms with Crippen LogP contribution >= 0.6 is 0 Å². The smallest absolute Gasteiger partial charge is 0.410 e. The Kier molecular flexibility index (Phi) is 6.51. The van der Waals surface area contributed by atoms with Gasteiger partial charge in [-0.1, -0.05) is 6.07 Å². The summed E-state index contributed by atoms with van der Waals surface area (Å²) in [5, 5.41) is 3.15. The quantitative estimate of drug-likeness (QED) is 0.636. The van der Waals surface area contributed by atoms with Crippen molar-refractivity contribution in [2.24, 2.45) is 16.6 Å². The zero-order valence-corrected chi connectivity index (χ0v) is 16.6. The van der Waals surface area contributed by atoms with Crippen LogP contribution in [0.25, 0.3) is 0 Å². The first-order valence-electron chi connectivity index (χ1n) is 9.26.